The van der Waals surface area contributed by atoms with Gasteiger partial charge in [-0.2, -0.15) is 0 Å². The fraction of sp³-hybridized carbons (Fsp3) is 0.933. The van der Waals surface area contributed by atoms with E-state index < -0.39 is 0 Å². The SMILES string of the molecule is CCC(C)C(C)NC(=O)CCC1CCCC(N)C1. The van der Waals surface area contributed by atoms with Gasteiger partial charge in [-0.1, -0.05) is 33.1 Å². The summed E-state index contributed by atoms with van der Waals surface area (Å²) in [6, 6.07) is 0.655. The van der Waals surface area contributed by atoms with Gasteiger partial charge in [-0.25, -0.2) is 0 Å². The van der Waals surface area contributed by atoms with Crippen LogP contribution in [0.4, 0.5) is 0 Å². The molecule has 0 aromatic rings. The van der Waals surface area contributed by atoms with Gasteiger partial charge in [-0.15, -0.1) is 0 Å². The third-order valence-corrected chi connectivity index (χ3v) is 4.49. The van der Waals surface area contributed by atoms with E-state index in [2.05, 4.69) is 26.1 Å². The lowest BCUT2D eigenvalue weighted by atomic mass is 9.83. The van der Waals surface area contributed by atoms with Crippen LogP contribution in [0.5, 0.6) is 0 Å². The molecule has 1 rings (SSSR count). The van der Waals surface area contributed by atoms with Gasteiger partial charge in [-0.05, 0) is 38.0 Å². The van der Waals surface area contributed by atoms with Gasteiger partial charge in [0.05, 0.1) is 0 Å². The van der Waals surface area contributed by atoms with E-state index in [0.29, 0.717) is 24.3 Å². The number of hydrogen-bond donors (Lipinski definition) is 2. The highest BCUT2D eigenvalue weighted by atomic mass is 16.1. The number of carbonyl (C=O) groups is 1. The summed E-state index contributed by atoms with van der Waals surface area (Å²) in [5, 5.41) is 3.11. The number of amides is 1. The Morgan fingerprint density at radius 3 is 2.72 bits per heavy atom. The van der Waals surface area contributed by atoms with Crippen molar-refractivity contribution >= 4 is 5.91 Å². The smallest absolute Gasteiger partial charge is 0.220 e. The molecule has 3 N–H and O–H groups in total. The molecule has 1 aliphatic rings. The average molecular weight is 254 g/mol. The van der Waals surface area contributed by atoms with Crippen LogP contribution in [0.3, 0.4) is 0 Å². The zero-order chi connectivity index (χ0) is 13.5. The molecule has 0 aromatic carbocycles. The quantitative estimate of drug-likeness (QED) is 0.766. The highest BCUT2D eigenvalue weighted by Gasteiger charge is 2.20. The predicted molar refractivity (Wildman–Crippen MR) is 76.2 cm³/mol. The Balaban J connectivity index is 2.20. The molecule has 1 fully saturated rings. The molecule has 0 heterocycles. The van der Waals surface area contributed by atoms with Crippen molar-refractivity contribution in [3.63, 3.8) is 0 Å². The molecule has 0 radical (unpaired) electrons. The van der Waals surface area contributed by atoms with Crippen LogP contribution >= 0.6 is 0 Å². The van der Waals surface area contributed by atoms with Crippen LogP contribution in [-0.4, -0.2) is 18.0 Å². The van der Waals surface area contributed by atoms with Crippen LogP contribution in [-0.2, 0) is 4.79 Å². The molecule has 1 aliphatic carbocycles. The first-order valence-corrected chi connectivity index (χ1v) is 7.57. The van der Waals surface area contributed by atoms with Crippen molar-refractivity contribution in [1.82, 2.24) is 5.32 Å². The Kier molecular flexibility index (Phi) is 6.69. The second-order valence-electron chi connectivity index (χ2n) is 6.07. The van der Waals surface area contributed by atoms with E-state index in [1.165, 1.54) is 12.8 Å². The number of nitrogens with two attached hydrogens (primary N) is 1. The molecular formula is C15H30N2O. The third kappa shape index (κ3) is 5.38. The Bertz CT molecular complexity index is 255. The monoisotopic (exact) mass is 254 g/mol. The summed E-state index contributed by atoms with van der Waals surface area (Å²) in [6.45, 7) is 6.45. The van der Waals surface area contributed by atoms with Crippen LogP contribution in [0, 0.1) is 11.8 Å². The molecular weight excluding hydrogens is 224 g/mol. The highest BCUT2D eigenvalue weighted by molar-refractivity contribution is 5.76. The van der Waals surface area contributed by atoms with Gasteiger partial charge in [0.2, 0.25) is 5.91 Å². The molecule has 0 aliphatic heterocycles. The van der Waals surface area contributed by atoms with Crippen molar-refractivity contribution in [3.8, 4) is 0 Å². The second-order valence-corrected chi connectivity index (χ2v) is 6.07. The predicted octanol–water partition coefficient (Wildman–Crippen LogP) is 2.83. The van der Waals surface area contributed by atoms with Gasteiger partial charge in [0.25, 0.3) is 0 Å². The van der Waals surface area contributed by atoms with Crippen LogP contribution < -0.4 is 11.1 Å². The zero-order valence-electron chi connectivity index (χ0n) is 12.2. The number of hydrogen-bond acceptors (Lipinski definition) is 2. The zero-order valence-corrected chi connectivity index (χ0v) is 12.2. The molecule has 106 valence electrons. The topological polar surface area (TPSA) is 55.1 Å². The Hall–Kier alpha value is -0.570. The van der Waals surface area contributed by atoms with Crippen LogP contribution in [0.15, 0.2) is 0 Å². The van der Waals surface area contributed by atoms with E-state index in [4.69, 9.17) is 5.73 Å². The molecule has 0 saturated heterocycles. The maximum atomic E-state index is 11.9. The van der Waals surface area contributed by atoms with Gasteiger partial charge in [0.15, 0.2) is 0 Å². The summed E-state index contributed by atoms with van der Waals surface area (Å²) in [7, 11) is 0. The molecule has 1 amide bonds. The molecule has 18 heavy (non-hydrogen) atoms. The van der Waals surface area contributed by atoms with Crippen molar-refractivity contribution in [2.75, 3.05) is 0 Å². The lowest BCUT2D eigenvalue weighted by Crippen LogP contribution is -2.37. The van der Waals surface area contributed by atoms with Gasteiger partial charge < -0.3 is 11.1 Å². The first kappa shape index (κ1) is 15.5. The van der Waals surface area contributed by atoms with Gasteiger partial charge in [-0.3, -0.25) is 4.79 Å². The van der Waals surface area contributed by atoms with Crippen molar-refractivity contribution < 1.29 is 4.79 Å². The first-order valence-electron chi connectivity index (χ1n) is 7.57. The van der Waals surface area contributed by atoms with E-state index in [1.807, 2.05) is 0 Å². The number of rotatable bonds is 6. The summed E-state index contributed by atoms with van der Waals surface area (Å²) in [6.07, 6.45) is 7.53. The minimum absolute atomic E-state index is 0.210. The molecule has 3 nitrogen and oxygen atoms in total. The van der Waals surface area contributed by atoms with Crippen LogP contribution in [0.1, 0.15) is 65.7 Å². The molecule has 0 bridgehead atoms. The summed E-state index contributed by atoms with van der Waals surface area (Å²) in [4.78, 5) is 11.9. The summed E-state index contributed by atoms with van der Waals surface area (Å²) in [5.74, 6) is 1.43. The maximum absolute atomic E-state index is 11.9. The molecule has 1 saturated carbocycles. The Morgan fingerprint density at radius 1 is 1.39 bits per heavy atom. The molecule has 4 unspecified atom stereocenters. The van der Waals surface area contributed by atoms with Crippen molar-refractivity contribution in [1.29, 1.82) is 0 Å². The molecule has 0 spiro atoms. The van der Waals surface area contributed by atoms with E-state index in [-0.39, 0.29) is 11.9 Å². The van der Waals surface area contributed by atoms with Crippen molar-refractivity contribution in [2.24, 2.45) is 17.6 Å². The first-order chi connectivity index (χ1) is 8.52. The van der Waals surface area contributed by atoms with Crippen molar-refractivity contribution in [2.45, 2.75) is 77.8 Å². The average Bonchev–Trinajstić information content (AvgIpc) is 2.35. The maximum Gasteiger partial charge on any atom is 0.220 e. The Morgan fingerprint density at radius 2 is 2.11 bits per heavy atom. The lowest BCUT2D eigenvalue weighted by molar-refractivity contribution is -0.122. The summed E-state index contributed by atoms with van der Waals surface area (Å²) in [5.41, 5.74) is 5.97. The standard InChI is InChI=1S/C15H30N2O/c1-4-11(2)12(3)17-15(18)9-8-13-6-5-7-14(16)10-13/h11-14H,4-10,16H2,1-3H3,(H,17,18). The van der Waals surface area contributed by atoms with Gasteiger partial charge >= 0.3 is 0 Å². The van der Waals surface area contributed by atoms with Gasteiger partial charge in [0, 0.05) is 18.5 Å². The minimum Gasteiger partial charge on any atom is -0.353 e. The number of carbonyl (C=O) groups excluding carboxylic acids is 1. The van der Waals surface area contributed by atoms with Crippen LogP contribution in [0.2, 0.25) is 0 Å². The highest BCUT2D eigenvalue weighted by Crippen LogP contribution is 2.26. The molecule has 0 aromatic heterocycles. The fourth-order valence-corrected chi connectivity index (χ4v) is 2.75. The second kappa shape index (κ2) is 7.78. The van der Waals surface area contributed by atoms with E-state index in [9.17, 15) is 4.79 Å². The minimum atomic E-state index is 0.210. The summed E-state index contributed by atoms with van der Waals surface area (Å²) >= 11 is 0. The Labute approximate surface area is 112 Å². The van der Waals surface area contributed by atoms with E-state index in [1.54, 1.807) is 0 Å². The normalized spacial score (nSPS) is 27.6. The third-order valence-electron chi connectivity index (χ3n) is 4.49. The fourth-order valence-electron chi connectivity index (χ4n) is 2.75. The lowest BCUT2D eigenvalue weighted by Gasteiger charge is -2.26. The van der Waals surface area contributed by atoms with E-state index >= 15 is 0 Å². The number of nitrogens with one attached hydrogen (secondary N) is 1. The largest absolute Gasteiger partial charge is 0.353 e. The summed E-state index contributed by atoms with van der Waals surface area (Å²) < 4.78 is 0. The van der Waals surface area contributed by atoms with Crippen LogP contribution in [0.25, 0.3) is 0 Å². The van der Waals surface area contributed by atoms with Gasteiger partial charge in [0.1, 0.15) is 0 Å². The molecule has 3 heteroatoms. The van der Waals surface area contributed by atoms with E-state index in [0.717, 1.165) is 25.7 Å². The van der Waals surface area contributed by atoms with Crippen molar-refractivity contribution in [3.05, 3.63) is 0 Å². The molecule has 4 atom stereocenters.